The molecule has 3 N–H and O–H groups in total. The minimum absolute atomic E-state index is 0. The van der Waals surface area contributed by atoms with E-state index in [4.69, 9.17) is 21.1 Å². The molecule has 1 saturated carbocycles. The predicted molar refractivity (Wildman–Crippen MR) is 67.6 cm³/mol. The van der Waals surface area contributed by atoms with E-state index in [2.05, 4.69) is 6.07 Å². The summed E-state index contributed by atoms with van der Waals surface area (Å²) in [6.45, 7) is 0.675. The molecular weight excluding hydrogens is 238 g/mol. The average Bonchev–Trinajstić information content (AvgIpc) is 3.09. The second kappa shape index (κ2) is 5.55. The number of rotatable bonds is 4. The molecule has 0 bridgehead atoms. The number of nitrogens with one attached hydrogen (secondary N) is 1. The van der Waals surface area contributed by atoms with Gasteiger partial charge in [0.15, 0.2) is 0 Å². The molecule has 0 atom stereocenters. The molecule has 4 nitrogen and oxygen atoms in total. The third-order valence-corrected chi connectivity index (χ3v) is 2.58. The number of amidine groups is 1. The van der Waals surface area contributed by atoms with Gasteiger partial charge in [-0.3, -0.25) is 5.41 Å². The summed E-state index contributed by atoms with van der Waals surface area (Å²) in [4.78, 5) is 0. The number of nitrogens with two attached hydrogens (primary N) is 1. The van der Waals surface area contributed by atoms with Crippen molar-refractivity contribution in [1.29, 1.82) is 10.7 Å². The van der Waals surface area contributed by atoms with E-state index in [9.17, 15) is 0 Å². The van der Waals surface area contributed by atoms with E-state index < -0.39 is 0 Å². The van der Waals surface area contributed by atoms with Crippen LogP contribution in [0.25, 0.3) is 0 Å². The van der Waals surface area contributed by atoms with Crippen molar-refractivity contribution < 1.29 is 4.74 Å². The molecule has 0 saturated heterocycles. The third kappa shape index (κ3) is 3.36. The number of nitriles is 1. The van der Waals surface area contributed by atoms with E-state index in [0.29, 0.717) is 29.4 Å². The Morgan fingerprint density at radius 1 is 1.53 bits per heavy atom. The van der Waals surface area contributed by atoms with Gasteiger partial charge in [-0.25, -0.2) is 0 Å². The summed E-state index contributed by atoms with van der Waals surface area (Å²) >= 11 is 0. The van der Waals surface area contributed by atoms with E-state index in [1.807, 2.05) is 0 Å². The van der Waals surface area contributed by atoms with E-state index in [1.54, 1.807) is 18.2 Å². The van der Waals surface area contributed by atoms with Crippen molar-refractivity contribution in [2.24, 2.45) is 11.7 Å². The SMILES string of the molecule is Cl.N#Cc1cc(C(=N)N)ccc1OCC1CC1. The maximum Gasteiger partial charge on any atom is 0.137 e. The first-order chi connectivity index (χ1) is 7.70. The van der Waals surface area contributed by atoms with Crippen LogP contribution in [0.15, 0.2) is 18.2 Å². The molecule has 1 aromatic carbocycles. The number of hydrogen-bond acceptors (Lipinski definition) is 3. The van der Waals surface area contributed by atoms with Crippen molar-refractivity contribution in [2.75, 3.05) is 6.61 Å². The molecule has 90 valence electrons. The van der Waals surface area contributed by atoms with Gasteiger partial charge in [-0.1, -0.05) is 0 Å². The van der Waals surface area contributed by atoms with Gasteiger partial charge in [-0.05, 0) is 37.0 Å². The Hall–Kier alpha value is -1.73. The van der Waals surface area contributed by atoms with Crippen LogP contribution in [0.4, 0.5) is 0 Å². The van der Waals surface area contributed by atoms with Gasteiger partial charge in [-0.2, -0.15) is 5.26 Å². The fraction of sp³-hybridized carbons (Fsp3) is 0.333. The van der Waals surface area contributed by atoms with Crippen LogP contribution in [0.1, 0.15) is 24.0 Å². The molecule has 0 radical (unpaired) electrons. The number of halogens is 1. The molecule has 2 rings (SSSR count). The van der Waals surface area contributed by atoms with E-state index in [0.717, 1.165) is 0 Å². The standard InChI is InChI=1S/C12H13N3O.ClH/c13-6-10-5-9(12(14)15)3-4-11(10)16-7-8-1-2-8;/h3-5,8H,1-2,7H2,(H3,14,15);1H. The monoisotopic (exact) mass is 251 g/mol. The highest BCUT2D eigenvalue weighted by molar-refractivity contribution is 5.95. The molecule has 0 heterocycles. The molecule has 17 heavy (non-hydrogen) atoms. The Labute approximate surface area is 106 Å². The number of benzene rings is 1. The number of hydrogen-bond donors (Lipinski definition) is 2. The highest BCUT2D eigenvalue weighted by Gasteiger charge is 2.22. The normalized spacial score (nSPS) is 13.4. The van der Waals surface area contributed by atoms with Gasteiger partial charge in [0.25, 0.3) is 0 Å². The van der Waals surface area contributed by atoms with Gasteiger partial charge in [0.2, 0.25) is 0 Å². The Balaban J connectivity index is 0.00000144. The number of nitrogen functional groups attached to an aromatic ring is 1. The van der Waals surface area contributed by atoms with Gasteiger partial charge < -0.3 is 10.5 Å². The van der Waals surface area contributed by atoms with Crippen LogP contribution in [-0.4, -0.2) is 12.4 Å². The average molecular weight is 252 g/mol. The summed E-state index contributed by atoms with van der Waals surface area (Å²) in [5.41, 5.74) is 6.34. The number of ether oxygens (including phenoxy) is 1. The Morgan fingerprint density at radius 2 is 2.24 bits per heavy atom. The van der Waals surface area contributed by atoms with Crippen molar-refractivity contribution in [2.45, 2.75) is 12.8 Å². The summed E-state index contributed by atoms with van der Waals surface area (Å²) in [6, 6.07) is 7.05. The fourth-order valence-electron chi connectivity index (χ4n) is 1.40. The Kier molecular flexibility index (Phi) is 4.36. The topological polar surface area (TPSA) is 82.9 Å². The maximum absolute atomic E-state index is 8.96. The van der Waals surface area contributed by atoms with Crippen molar-refractivity contribution in [1.82, 2.24) is 0 Å². The fourth-order valence-corrected chi connectivity index (χ4v) is 1.40. The lowest BCUT2D eigenvalue weighted by Crippen LogP contribution is -2.11. The van der Waals surface area contributed by atoms with Crippen molar-refractivity contribution in [3.05, 3.63) is 29.3 Å². The van der Waals surface area contributed by atoms with Gasteiger partial charge in [0, 0.05) is 5.56 Å². The minimum Gasteiger partial charge on any atom is -0.492 e. The van der Waals surface area contributed by atoms with Crippen LogP contribution in [0.2, 0.25) is 0 Å². The minimum atomic E-state index is -0.0368. The first-order valence-corrected chi connectivity index (χ1v) is 5.22. The second-order valence-corrected chi connectivity index (χ2v) is 3.99. The molecule has 5 heteroatoms. The van der Waals surface area contributed by atoms with Crippen LogP contribution < -0.4 is 10.5 Å². The van der Waals surface area contributed by atoms with Gasteiger partial charge >= 0.3 is 0 Å². The summed E-state index contributed by atoms with van der Waals surface area (Å²) < 4.78 is 5.55. The van der Waals surface area contributed by atoms with Crippen LogP contribution in [0.5, 0.6) is 5.75 Å². The third-order valence-electron chi connectivity index (χ3n) is 2.58. The molecule has 1 aromatic rings. The lowest BCUT2D eigenvalue weighted by Gasteiger charge is -2.08. The summed E-state index contributed by atoms with van der Waals surface area (Å²) in [7, 11) is 0. The quantitative estimate of drug-likeness (QED) is 0.635. The zero-order chi connectivity index (χ0) is 11.5. The predicted octanol–water partition coefficient (Wildman–Crippen LogP) is 2.05. The molecule has 0 aromatic heterocycles. The lowest BCUT2D eigenvalue weighted by atomic mass is 10.1. The molecular formula is C12H14ClN3O. The Bertz CT molecular complexity index is 463. The van der Waals surface area contributed by atoms with Crippen LogP contribution in [0.3, 0.4) is 0 Å². The van der Waals surface area contributed by atoms with Crippen molar-refractivity contribution in [3.63, 3.8) is 0 Å². The van der Waals surface area contributed by atoms with Crippen molar-refractivity contribution in [3.8, 4) is 11.8 Å². The van der Waals surface area contributed by atoms with Crippen molar-refractivity contribution >= 4 is 18.2 Å². The lowest BCUT2D eigenvalue weighted by molar-refractivity contribution is 0.299. The summed E-state index contributed by atoms with van der Waals surface area (Å²) in [5.74, 6) is 1.20. The van der Waals surface area contributed by atoms with E-state index in [-0.39, 0.29) is 18.2 Å². The molecule has 0 aliphatic heterocycles. The largest absolute Gasteiger partial charge is 0.492 e. The van der Waals surface area contributed by atoms with Gasteiger partial charge in [-0.15, -0.1) is 12.4 Å². The van der Waals surface area contributed by atoms with E-state index >= 15 is 0 Å². The highest BCUT2D eigenvalue weighted by Crippen LogP contribution is 2.30. The Morgan fingerprint density at radius 3 is 2.76 bits per heavy atom. The van der Waals surface area contributed by atoms with E-state index in [1.165, 1.54) is 12.8 Å². The van der Waals surface area contributed by atoms with Crippen LogP contribution >= 0.6 is 12.4 Å². The van der Waals surface area contributed by atoms with Gasteiger partial charge in [0.1, 0.15) is 17.7 Å². The molecule has 0 amide bonds. The second-order valence-electron chi connectivity index (χ2n) is 3.99. The smallest absolute Gasteiger partial charge is 0.137 e. The van der Waals surface area contributed by atoms with Crippen LogP contribution in [-0.2, 0) is 0 Å². The van der Waals surface area contributed by atoms with Gasteiger partial charge in [0.05, 0.1) is 12.2 Å². The molecule has 1 aliphatic rings. The zero-order valence-electron chi connectivity index (χ0n) is 9.27. The number of nitrogens with zero attached hydrogens (tertiary/aromatic N) is 1. The molecule has 1 fully saturated rings. The maximum atomic E-state index is 8.96. The zero-order valence-corrected chi connectivity index (χ0v) is 10.1. The molecule has 0 spiro atoms. The molecule has 1 aliphatic carbocycles. The molecule has 0 unspecified atom stereocenters. The first kappa shape index (κ1) is 13.3. The first-order valence-electron chi connectivity index (χ1n) is 5.22. The summed E-state index contributed by atoms with van der Waals surface area (Å²) in [6.07, 6.45) is 2.43. The highest BCUT2D eigenvalue weighted by atomic mass is 35.5. The van der Waals surface area contributed by atoms with Crippen LogP contribution in [0, 0.1) is 22.7 Å². The summed E-state index contributed by atoms with van der Waals surface area (Å²) in [5, 5.41) is 16.2.